The average Bonchev–Trinajstić information content (AvgIpc) is 3.74. The van der Waals surface area contributed by atoms with Gasteiger partial charge in [-0.25, -0.2) is 9.97 Å². The Labute approximate surface area is 372 Å². The number of carbonyl (C=O) groups is 4. The van der Waals surface area contributed by atoms with Gasteiger partial charge in [0.1, 0.15) is 48.0 Å². The maximum Gasteiger partial charge on any atom is 0.307 e. The second-order valence-corrected chi connectivity index (χ2v) is 15.4. The van der Waals surface area contributed by atoms with Crippen molar-refractivity contribution in [3.63, 3.8) is 0 Å². The lowest BCUT2D eigenvalue weighted by molar-refractivity contribution is -0.152. The van der Waals surface area contributed by atoms with Crippen LogP contribution in [0.3, 0.4) is 0 Å². The Morgan fingerprint density at radius 2 is 1.27 bits per heavy atom. The fourth-order valence-corrected chi connectivity index (χ4v) is 6.02. The third-order valence-corrected chi connectivity index (χ3v) is 9.92. The minimum Gasteiger partial charge on any atom is -0.462 e. The lowest BCUT2D eigenvalue weighted by Gasteiger charge is -2.15. The molecule has 2 heterocycles. The van der Waals surface area contributed by atoms with Gasteiger partial charge in [0, 0.05) is 35.0 Å². The molecule has 332 valence electrons. The van der Waals surface area contributed by atoms with Crippen molar-refractivity contribution in [1.82, 2.24) is 20.6 Å². The molecule has 0 aliphatic heterocycles. The molecule has 0 spiro atoms. The van der Waals surface area contributed by atoms with Gasteiger partial charge >= 0.3 is 11.9 Å². The number of aryl methyl sites for hydroxylation is 1. The molecule has 8 N–H and O–H groups in total. The number of hydrogen-bond acceptors (Lipinski definition) is 15. The number of thioether (sulfide) groups is 1. The van der Waals surface area contributed by atoms with Gasteiger partial charge in [-0.05, 0) is 48.6 Å². The summed E-state index contributed by atoms with van der Waals surface area (Å²) in [6.45, 7) is 13.3. The maximum absolute atomic E-state index is 11.6. The largest absolute Gasteiger partial charge is 0.462 e. The normalized spacial score (nSPS) is 11.4. The molecule has 2 atom stereocenters. The molecular weight excluding hydrogens is 834 g/mol. The number of halogens is 1. The molecule has 0 aliphatic rings. The number of rotatable bonds is 18. The smallest absolute Gasteiger partial charge is 0.307 e. The summed E-state index contributed by atoms with van der Waals surface area (Å²) in [7, 11) is 0. The number of nitrogens with two attached hydrogens (primary N) is 3. The van der Waals surface area contributed by atoms with Crippen LogP contribution < -0.4 is 27.8 Å². The first-order valence-electron chi connectivity index (χ1n) is 20.0. The van der Waals surface area contributed by atoms with Crippen LogP contribution in [0.4, 0.5) is 5.82 Å². The van der Waals surface area contributed by atoms with E-state index in [2.05, 4.69) is 32.7 Å². The molecule has 0 radical (unpaired) electrons. The van der Waals surface area contributed by atoms with Crippen LogP contribution in [0.2, 0.25) is 5.02 Å². The monoisotopic (exact) mass is 889 g/mol. The number of benzene rings is 2. The Bertz CT molecular complexity index is 2120. The number of amides is 2. The fourth-order valence-electron chi connectivity index (χ4n) is 5.02. The predicted molar refractivity (Wildman–Crippen MR) is 239 cm³/mol. The number of carbonyl (C=O) groups excluding carboxylic acids is 4. The third kappa shape index (κ3) is 16.8. The van der Waals surface area contributed by atoms with Crippen LogP contribution in [0.15, 0.2) is 64.2 Å². The van der Waals surface area contributed by atoms with Crippen LogP contribution in [0.5, 0.6) is 0 Å². The summed E-state index contributed by atoms with van der Waals surface area (Å²) >= 11 is 7.25. The van der Waals surface area contributed by atoms with Crippen LogP contribution in [0.1, 0.15) is 76.8 Å². The van der Waals surface area contributed by atoms with E-state index in [0.717, 1.165) is 16.7 Å². The van der Waals surface area contributed by atoms with Gasteiger partial charge in [0.15, 0.2) is 0 Å². The molecule has 2 aromatic carbocycles. The van der Waals surface area contributed by atoms with E-state index in [1.54, 1.807) is 18.4 Å². The number of esters is 2. The van der Waals surface area contributed by atoms with Crippen molar-refractivity contribution in [3.05, 3.63) is 82.2 Å². The van der Waals surface area contributed by atoms with Crippen LogP contribution in [-0.4, -0.2) is 72.1 Å². The minimum absolute atomic E-state index is 0.00176. The van der Waals surface area contributed by atoms with Crippen molar-refractivity contribution >= 4 is 52.9 Å². The SMILES string of the molecule is CC.CC(C)C(N)C(=O)NCCC(=O)OCCOC(=O)CCNC(=O)C(N)C(C)C.Cc1ccc(-c2c(C#N)c(N)nc(SCc3coc(-c4ccc(Cl)cc4)n3)c2C#N)cc1. The van der Waals surface area contributed by atoms with Crippen molar-refractivity contribution in [3.8, 4) is 34.7 Å². The number of hydrogen-bond donors (Lipinski definition) is 5. The van der Waals surface area contributed by atoms with E-state index >= 15 is 0 Å². The van der Waals surface area contributed by atoms with E-state index < -0.39 is 24.0 Å². The first-order valence-corrected chi connectivity index (χ1v) is 21.3. The van der Waals surface area contributed by atoms with Gasteiger partial charge in [0.25, 0.3) is 0 Å². The predicted octanol–water partition coefficient (Wildman–Crippen LogP) is 6.06. The molecule has 0 saturated carbocycles. The lowest BCUT2D eigenvalue weighted by atomic mass is 9.96. The summed E-state index contributed by atoms with van der Waals surface area (Å²) in [6, 6.07) is 17.8. The highest BCUT2D eigenvalue weighted by molar-refractivity contribution is 7.98. The zero-order chi connectivity index (χ0) is 46.4. The molecule has 62 heavy (non-hydrogen) atoms. The van der Waals surface area contributed by atoms with Gasteiger partial charge in [-0.3, -0.25) is 19.2 Å². The van der Waals surface area contributed by atoms with Gasteiger partial charge in [-0.15, -0.1) is 0 Å². The number of ether oxygens (including phenoxy) is 2. The number of aromatic nitrogens is 2. The third-order valence-electron chi connectivity index (χ3n) is 8.66. The topological polar surface area (TPSA) is 275 Å². The summed E-state index contributed by atoms with van der Waals surface area (Å²) in [6.07, 6.45) is 1.55. The fraction of sp³-hybridized carbons (Fsp3) is 0.409. The summed E-state index contributed by atoms with van der Waals surface area (Å²) < 4.78 is 15.4. The van der Waals surface area contributed by atoms with Crippen molar-refractivity contribution in [2.45, 2.75) is 84.2 Å². The Hall–Kier alpha value is -5.98. The quantitative estimate of drug-likeness (QED) is 0.0431. The molecule has 2 unspecified atom stereocenters. The summed E-state index contributed by atoms with van der Waals surface area (Å²) in [5.41, 5.74) is 21.7. The highest BCUT2D eigenvalue weighted by Gasteiger charge is 2.22. The average molecular weight is 891 g/mol. The maximum atomic E-state index is 11.6. The Morgan fingerprint density at radius 1 is 0.790 bits per heavy atom. The van der Waals surface area contributed by atoms with Crippen molar-refractivity contribution in [1.29, 1.82) is 10.5 Å². The molecule has 0 fully saturated rings. The molecular formula is C44H56ClN9O7S. The van der Waals surface area contributed by atoms with Crippen LogP contribution in [0, 0.1) is 41.4 Å². The Kier molecular flexibility index (Phi) is 22.8. The van der Waals surface area contributed by atoms with Crippen molar-refractivity contribution < 1.29 is 33.1 Å². The van der Waals surface area contributed by atoms with E-state index in [9.17, 15) is 29.7 Å². The van der Waals surface area contributed by atoms with Gasteiger partial charge < -0.3 is 41.7 Å². The zero-order valence-electron chi connectivity index (χ0n) is 36.1. The van der Waals surface area contributed by atoms with E-state index in [1.807, 2.05) is 84.9 Å². The van der Waals surface area contributed by atoms with E-state index in [-0.39, 0.29) is 74.2 Å². The Morgan fingerprint density at radius 3 is 1.74 bits per heavy atom. The summed E-state index contributed by atoms with van der Waals surface area (Å²) in [5.74, 6) is -0.705. The van der Waals surface area contributed by atoms with Crippen LogP contribution in [-0.2, 0) is 34.4 Å². The summed E-state index contributed by atoms with van der Waals surface area (Å²) in [5, 5.41) is 25.7. The van der Waals surface area contributed by atoms with Crippen molar-refractivity contribution in [2.24, 2.45) is 23.3 Å². The molecule has 2 aromatic heterocycles. The minimum atomic E-state index is -0.624. The van der Waals surface area contributed by atoms with Crippen LogP contribution >= 0.6 is 23.4 Å². The standard InChI is InChI=1S/C24H16ClN5OS.C18H34N4O6.C2H6/c1-14-2-4-15(5-3-14)21-19(10-26)22(28)30-24(20(21)11-27)32-13-18-12-31-23(29-18)16-6-8-17(25)9-7-16;1-11(2)15(19)17(25)21-7-5-13(23)27-9-10-28-14(24)6-8-22-18(26)16(20)12(3)4;1-2/h2-9,12H,13H2,1H3,(H2,28,30);11-12,15-16H,5-10,19-20H2,1-4H3,(H,21,25)(H,22,26);1-2H3. The molecule has 0 bridgehead atoms. The van der Waals surface area contributed by atoms with E-state index in [4.69, 9.17) is 42.7 Å². The van der Waals surface area contributed by atoms with Gasteiger partial charge in [-0.1, -0.05) is 94.7 Å². The van der Waals surface area contributed by atoms with E-state index in [1.165, 1.54) is 11.8 Å². The second kappa shape index (κ2) is 27.1. The van der Waals surface area contributed by atoms with Crippen molar-refractivity contribution in [2.75, 3.05) is 32.0 Å². The lowest BCUT2D eigenvalue weighted by Crippen LogP contribution is -2.44. The second-order valence-electron chi connectivity index (χ2n) is 14.0. The van der Waals surface area contributed by atoms with Gasteiger partial charge in [0.2, 0.25) is 17.7 Å². The number of pyridine rings is 1. The molecule has 16 nitrogen and oxygen atoms in total. The molecule has 0 saturated heterocycles. The number of nitriles is 2. The van der Waals surface area contributed by atoms with Gasteiger partial charge in [0.05, 0.1) is 36.2 Å². The Balaban J connectivity index is 0.000000415. The molecule has 4 rings (SSSR count). The summed E-state index contributed by atoms with van der Waals surface area (Å²) in [4.78, 5) is 55.1. The molecule has 2 amide bonds. The molecule has 18 heteroatoms. The van der Waals surface area contributed by atoms with Crippen LogP contribution in [0.25, 0.3) is 22.6 Å². The zero-order valence-corrected chi connectivity index (χ0v) is 37.7. The molecule has 4 aromatic rings. The number of nitrogens with zero attached hydrogens (tertiary/aromatic N) is 4. The van der Waals surface area contributed by atoms with Gasteiger partial charge in [-0.2, -0.15) is 10.5 Å². The highest BCUT2D eigenvalue weighted by Crippen LogP contribution is 2.37. The van der Waals surface area contributed by atoms with E-state index in [0.29, 0.717) is 38.5 Å². The molecule has 0 aliphatic carbocycles. The number of nitrogens with one attached hydrogen (secondary N) is 2. The number of nitrogen functional groups attached to an aromatic ring is 1. The highest BCUT2D eigenvalue weighted by atomic mass is 35.5. The number of anilines is 1. The number of oxazole rings is 1. The first kappa shape index (κ1) is 52.2. The first-order chi connectivity index (χ1) is 29.6.